The number of carbonyl (C=O) groups excluding carboxylic acids is 1. The van der Waals surface area contributed by atoms with E-state index in [0.717, 1.165) is 16.9 Å². The van der Waals surface area contributed by atoms with Crippen LogP contribution in [0.5, 0.6) is 11.5 Å². The molecule has 9 heteroatoms. The second-order valence-electron chi connectivity index (χ2n) is 7.37. The molecule has 0 aromatic heterocycles. The molecule has 0 heterocycles. The van der Waals surface area contributed by atoms with Crippen LogP contribution in [0.3, 0.4) is 0 Å². The van der Waals surface area contributed by atoms with Crippen LogP contribution in [0.15, 0.2) is 65.6 Å². The number of amides is 1. The van der Waals surface area contributed by atoms with Crippen molar-refractivity contribution in [3.63, 3.8) is 0 Å². The zero-order valence-electron chi connectivity index (χ0n) is 18.5. The molecule has 0 bridgehead atoms. The highest BCUT2D eigenvalue weighted by atomic mass is 35.5. The zero-order valence-corrected chi connectivity index (χ0v) is 20.1. The van der Waals surface area contributed by atoms with Gasteiger partial charge >= 0.3 is 0 Å². The molecule has 3 rings (SSSR count). The Balaban J connectivity index is 1.70. The third-order valence-electron chi connectivity index (χ3n) is 4.79. The minimum atomic E-state index is -4.03. The number of ether oxygens (including phenoxy) is 2. The van der Waals surface area contributed by atoms with E-state index in [2.05, 4.69) is 10.0 Å². The van der Waals surface area contributed by atoms with Gasteiger partial charge in [-0.3, -0.25) is 9.52 Å². The van der Waals surface area contributed by atoms with Gasteiger partial charge in [0.1, 0.15) is 16.4 Å². The lowest BCUT2D eigenvalue weighted by Crippen LogP contribution is -2.17. The minimum Gasteiger partial charge on any atom is -0.495 e. The number of halogens is 1. The van der Waals surface area contributed by atoms with Gasteiger partial charge in [-0.2, -0.15) is 0 Å². The Hall–Kier alpha value is -3.23. The summed E-state index contributed by atoms with van der Waals surface area (Å²) in [7, 11) is -2.67. The molecule has 0 fully saturated rings. The van der Waals surface area contributed by atoms with Crippen LogP contribution in [-0.2, 0) is 14.8 Å². The van der Waals surface area contributed by atoms with Crippen molar-refractivity contribution in [2.45, 2.75) is 25.2 Å². The van der Waals surface area contributed by atoms with Gasteiger partial charge < -0.3 is 14.8 Å². The van der Waals surface area contributed by atoms with E-state index in [1.165, 1.54) is 19.2 Å². The van der Waals surface area contributed by atoms with Gasteiger partial charge in [0.15, 0.2) is 0 Å². The number of nitrogens with one attached hydrogen (secondary N) is 2. The van der Waals surface area contributed by atoms with Gasteiger partial charge in [0.2, 0.25) is 5.91 Å². The summed E-state index contributed by atoms with van der Waals surface area (Å²) in [6.45, 7) is 4.09. The SMILES string of the molecule is COc1ccc(NC(=O)CCOc2cc(C)ccc2C)cc1S(=O)(=O)Nc1ccccc1Cl. The summed E-state index contributed by atoms with van der Waals surface area (Å²) in [6.07, 6.45) is 0.0966. The third kappa shape index (κ3) is 6.40. The molecule has 0 spiro atoms. The number of benzene rings is 3. The molecular formula is C24H25ClN2O5S. The average Bonchev–Trinajstić information content (AvgIpc) is 2.77. The molecule has 0 saturated carbocycles. The van der Waals surface area contributed by atoms with E-state index in [0.29, 0.717) is 5.69 Å². The van der Waals surface area contributed by atoms with Gasteiger partial charge in [-0.1, -0.05) is 35.9 Å². The van der Waals surface area contributed by atoms with Crippen LogP contribution in [0.25, 0.3) is 0 Å². The first-order valence-electron chi connectivity index (χ1n) is 10.1. The fourth-order valence-corrected chi connectivity index (χ4v) is 4.56. The van der Waals surface area contributed by atoms with E-state index in [1.807, 2.05) is 32.0 Å². The number of sulfonamides is 1. The standard InChI is InChI=1S/C24H25ClN2O5S/c1-16-8-9-17(2)22(14-16)32-13-12-24(28)26-18-10-11-21(31-3)23(15-18)33(29,30)27-20-7-5-4-6-19(20)25/h4-11,14-15,27H,12-13H2,1-3H3,(H,26,28). The molecule has 0 radical (unpaired) electrons. The maximum absolute atomic E-state index is 13.0. The van der Waals surface area contributed by atoms with Crippen molar-refractivity contribution in [3.8, 4) is 11.5 Å². The smallest absolute Gasteiger partial charge is 0.265 e. The Morgan fingerprint density at radius 2 is 1.76 bits per heavy atom. The molecule has 0 atom stereocenters. The monoisotopic (exact) mass is 488 g/mol. The summed E-state index contributed by atoms with van der Waals surface area (Å²) >= 11 is 6.08. The molecule has 7 nitrogen and oxygen atoms in total. The molecule has 174 valence electrons. The second-order valence-corrected chi connectivity index (χ2v) is 9.42. The Bertz CT molecular complexity index is 1260. The first-order valence-corrected chi connectivity index (χ1v) is 12.0. The predicted octanol–water partition coefficient (Wildman–Crippen LogP) is 5.17. The normalized spacial score (nSPS) is 11.0. The lowest BCUT2D eigenvalue weighted by molar-refractivity contribution is -0.116. The molecule has 0 aliphatic rings. The molecule has 2 N–H and O–H groups in total. The number of rotatable bonds is 9. The summed E-state index contributed by atoms with van der Waals surface area (Å²) in [4.78, 5) is 12.3. The van der Waals surface area contributed by atoms with Gasteiger partial charge in [-0.25, -0.2) is 8.42 Å². The highest BCUT2D eigenvalue weighted by Gasteiger charge is 2.22. The van der Waals surface area contributed by atoms with Crippen LogP contribution in [0.1, 0.15) is 17.5 Å². The first kappa shape index (κ1) is 24.4. The molecule has 33 heavy (non-hydrogen) atoms. The van der Waals surface area contributed by atoms with Crippen LogP contribution < -0.4 is 19.5 Å². The number of hydrogen-bond acceptors (Lipinski definition) is 5. The van der Waals surface area contributed by atoms with E-state index in [9.17, 15) is 13.2 Å². The minimum absolute atomic E-state index is 0.0966. The van der Waals surface area contributed by atoms with Gasteiger partial charge in [0, 0.05) is 5.69 Å². The van der Waals surface area contributed by atoms with E-state index in [-0.39, 0.29) is 40.3 Å². The number of methoxy groups -OCH3 is 1. The van der Waals surface area contributed by atoms with Crippen molar-refractivity contribution < 1.29 is 22.7 Å². The number of aryl methyl sites for hydroxylation is 2. The van der Waals surface area contributed by atoms with Crippen LogP contribution in [-0.4, -0.2) is 28.0 Å². The largest absolute Gasteiger partial charge is 0.495 e. The Morgan fingerprint density at radius 1 is 1.00 bits per heavy atom. The fourth-order valence-electron chi connectivity index (χ4n) is 3.05. The van der Waals surface area contributed by atoms with Crippen LogP contribution in [0.2, 0.25) is 5.02 Å². The molecule has 0 aliphatic carbocycles. The molecule has 0 unspecified atom stereocenters. The Labute approximate surface area is 198 Å². The Kier molecular flexibility index (Phi) is 7.84. The maximum Gasteiger partial charge on any atom is 0.265 e. The van der Waals surface area contributed by atoms with Gasteiger partial charge in [0.25, 0.3) is 10.0 Å². The van der Waals surface area contributed by atoms with E-state index < -0.39 is 10.0 Å². The molecule has 1 amide bonds. The number of carbonyl (C=O) groups is 1. The van der Waals surface area contributed by atoms with Gasteiger partial charge in [0.05, 0.1) is 30.8 Å². The van der Waals surface area contributed by atoms with Crippen LogP contribution in [0.4, 0.5) is 11.4 Å². The summed E-state index contributed by atoms with van der Waals surface area (Å²) in [5, 5.41) is 2.96. The number of para-hydroxylation sites is 1. The van der Waals surface area contributed by atoms with Crippen molar-refractivity contribution in [2.24, 2.45) is 0 Å². The maximum atomic E-state index is 13.0. The van der Waals surface area contributed by atoms with E-state index in [1.54, 1.807) is 30.3 Å². The topological polar surface area (TPSA) is 93.7 Å². The summed E-state index contributed by atoms with van der Waals surface area (Å²) in [5.74, 6) is 0.546. The van der Waals surface area contributed by atoms with Crippen LogP contribution in [0, 0.1) is 13.8 Å². The predicted molar refractivity (Wildman–Crippen MR) is 130 cm³/mol. The van der Waals surface area contributed by atoms with Gasteiger partial charge in [-0.15, -0.1) is 0 Å². The second kappa shape index (κ2) is 10.6. The van der Waals surface area contributed by atoms with Crippen LogP contribution >= 0.6 is 11.6 Å². The van der Waals surface area contributed by atoms with E-state index >= 15 is 0 Å². The molecule has 3 aromatic carbocycles. The van der Waals surface area contributed by atoms with Crippen molar-refractivity contribution in [1.82, 2.24) is 0 Å². The number of hydrogen-bond donors (Lipinski definition) is 2. The number of anilines is 2. The van der Waals surface area contributed by atoms with Gasteiger partial charge in [-0.05, 0) is 61.4 Å². The van der Waals surface area contributed by atoms with Crippen molar-refractivity contribution in [2.75, 3.05) is 23.8 Å². The first-order chi connectivity index (χ1) is 15.7. The van der Waals surface area contributed by atoms with Crippen molar-refractivity contribution in [1.29, 1.82) is 0 Å². The Morgan fingerprint density at radius 3 is 2.48 bits per heavy atom. The summed E-state index contributed by atoms with van der Waals surface area (Å²) in [6, 6.07) is 16.7. The lowest BCUT2D eigenvalue weighted by atomic mass is 10.1. The lowest BCUT2D eigenvalue weighted by Gasteiger charge is -2.14. The quantitative estimate of drug-likeness (QED) is 0.433. The summed E-state index contributed by atoms with van der Waals surface area (Å²) < 4.78 is 39.3. The molecule has 0 aliphatic heterocycles. The van der Waals surface area contributed by atoms with Crippen molar-refractivity contribution in [3.05, 3.63) is 76.8 Å². The average molecular weight is 489 g/mol. The molecule has 3 aromatic rings. The molecule has 0 saturated heterocycles. The highest BCUT2D eigenvalue weighted by molar-refractivity contribution is 7.92. The van der Waals surface area contributed by atoms with Crippen molar-refractivity contribution >= 4 is 38.9 Å². The zero-order chi connectivity index (χ0) is 24.0. The highest BCUT2D eigenvalue weighted by Crippen LogP contribution is 2.31. The third-order valence-corrected chi connectivity index (χ3v) is 6.50. The summed E-state index contributed by atoms with van der Waals surface area (Å²) in [5.41, 5.74) is 2.60. The fraction of sp³-hybridized carbons (Fsp3) is 0.208. The molecular weight excluding hydrogens is 464 g/mol. The van der Waals surface area contributed by atoms with E-state index in [4.69, 9.17) is 21.1 Å².